The van der Waals surface area contributed by atoms with Gasteiger partial charge in [-0.15, -0.1) is 6.58 Å². The molecule has 0 radical (unpaired) electrons. The molecule has 0 aliphatic carbocycles. The average Bonchev–Trinajstić information content (AvgIpc) is 2.35. The van der Waals surface area contributed by atoms with Crippen LogP contribution in [0.1, 0.15) is 12.5 Å². The highest BCUT2D eigenvalue weighted by molar-refractivity contribution is 5.84. The Hall–Kier alpha value is -2.03. The zero-order valence-electron chi connectivity index (χ0n) is 9.81. The van der Waals surface area contributed by atoms with Crippen molar-refractivity contribution in [1.29, 1.82) is 0 Å². The van der Waals surface area contributed by atoms with Gasteiger partial charge in [0.25, 0.3) is 5.56 Å². The van der Waals surface area contributed by atoms with Gasteiger partial charge in [-0.05, 0) is 19.4 Å². The van der Waals surface area contributed by atoms with Gasteiger partial charge in [-0.3, -0.25) is 4.79 Å². The molecule has 0 unspecified atom stereocenters. The summed E-state index contributed by atoms with van der Waals surface area (Å²) in [7, 11) is 0. The van der Waals surface area contributed by atoms with E-state index >= 15 is 0 Å². The quantitative estimate of drug-likeness (QED) is 0.821. The van der Waals surface area contributed by atoms with Gasteiger partial charge in [0.1, 0.15) is 0 Å². The lowest BCUT2D eigenvalue weighted by Gasteiger charge is -2.12. The van der Waals surface area contributed by atoms with Crippen molar-refractivity contribution in [3.05, 3.63) is 52.8 Å². The number of hydrogen-bond acceptors (Lipinski definition) is 2. The van der Waals surface area contributed by atoms with E-state index in [0.717, 1.165) is 10.9 Å². The molecular weight excluding hydrogens is 214 g/mol. The van der Waals surface area contributed by atoms with Crippen LogP contribution in [0.4, 0.5) is 0 Å². The number of nitrogens with zero attached hydrogens (tertiary/aromatic N) is 1. The van der Waals surface area contributed by atoms with Crippen molar-refractivity contribution in [2.24, 2.45) is 0 Å². The molecule has 1 aromatic heterocycles. The molecule has 88 valence electrons. The van der Waals surface area contributed by atoms with E-state index in [1.807, 2.05) is 31.2 Å². The standard InChI is InChI=1S/C14H15NO2/c1-3-7-11-10-8-5-6-9-12(10)15(4-2)14(17)13(11)16/h3,5-6,8-9,16H,1,4,7H2,2H3. The van der Waals surface area contributed by atoms with Crippen molar-refractivity contribution in [2.45, 2.75) is 19.9 Å². The predicted molar refractivity (Wildman–Crippen MR) is 69.4 cm³/mol. The minimum absolute atomic E-state index is 0.162. The zero-order chi connectivity index (χ0) is 12.4. The minimum atomic E-state index is -0.331. The highest BCUT2D eigenvalue weighted by atomic mass is 16.3. The van der Waals surface area contributed by atoms with Crippen LogP contribution >= 0.6 is 0 Å². The SMILES string of the molecule is C=CCc1c(O)c(=O)n(CC)c2ccccc12. The maximum absolute atomic E-state index is 12.0. The summed E-state index contributed by atoms with van der Waals surface area (Å²) >= 11 is 0. The van der Waals surface area contributed by atoms with E-state index in [9.17, 15) is 9.90 Å². The van der Waals surface area contributed by atoms with E-state index in [4.69, 9.17) is 0 Å². The second-order valence-corrected chi connectivity index (χ2v) is 3.89. The van der Waals surface area contributed by atoms with Gasteiger partial charge in [-0.25, -0.2) is 0 Å². The molecule has 3 heteroatoms. The van der Waals surface area contributed by atoms with E-state index in [0.29, 0.717) is 18.5 Å². The Kier molecular flexibility index (Phi) is 3.00. The lowest BCUT2D eigenvalue weighted by atomic mass is 10.0. The summed E-state index contributed by atoms with van der Waals surface area (Å²) < 4.78 is 1.58. The number of aromatic nitrogens is 1. The van der Waals surface area contributed by atoms with Gasteiger partial charge in [0.2, 0.25) is 0 Å². The van der Waals surface area contributed by atoms with E-state index in [1.54, 1.807) is 10.6 Å². The number of hydrogen-bond donors (Lipinski definition) is 1. The summed E-state index contributed by atoms with van der Waals surface area (Å²) in [4.78, 5) is 12.0. The maximum Gasteiger partial charge on any atom is 0.293 e. The van der Waals surface area contributed by atoms with Crippen LogP contribution in [0.2, 0.25) is 0 Å². The Balaban J connectivity index is 2.95. The Morgan fingerprint density at radius 2 is 2.12 bits per heavy atom. The zero-order valence-corrected chi connectivity index (χ0v) is 9.81. The summed E-state index contributed by atoms with van der Waals surface area (Å²) in [6.45, 7) is 6.09. The molecule has 1 N–H and O–H groups in total. The molecule has 0 spiro atoms. The summed E-state index contributed by atoms with van der Waals surface area (Å²) in [6, 6.07) is 7.60. The van der Waals surface area contributed by atoms with Crippen LogP contribution in [-0.4, -0.2) is 9.67 Å². The molecule has 1 heterocycles. The van der Waals surface area contributed by atoms with Crippen molar-refractivity contribution >= 4 is 10.9 Å². The third kappa shape index (κ3) is 1.73. The Bertz CT molecular complexity index is 626. The lowest BCUT2D eigenvalue weighted by molar-refractivity contribution is 0.455. The second kappa shape index (κ2) is 4.45. The third-order valence-electron chi connectivity index (χ3n) is 2.92. The summed E-state index contributed by atoms with van der Waals surface area (Å²) in [6.07, 6.45) is 2.18. The van der Waals surface area contributed by atoms with Crippen LogP contribution in [0.25, 0.3) is 10.9 Å². The predicted octanol–water partition coefficient (Wildman–Crippen LogP) is 2.46. The molecule has 0 aliphatic heterocycles. The summed E-state index contributed by atoms with van der Waals surface area (Å²) in [5.74, 6) is -0.162. The molecule has 17 heavy (non-hydrogen) atoms. The summed E-state index contributed by atoms with van der Waals surface area (Å²) in [5.41, 5.74) is 1.18. The van der Waals surface area contributed by atoms with Gasteiger partial charge in [0.15, 0.2) is 5.75 Å². The van der Waals surface area contributed by atoms with Crippen LogP contribution in [0.5, 0.6) is 5.75 Å². The van der Waals surface area contributed by atoms with Gasteiger partial charge in [0, 0.05) is 17.5 Å². The smallest absolute Gasteiger partial charge is 0.293 e. The van der Waals surface area contributed by atoms with Crippen LogP contribution in [-0.2, 0) is 13.0 Å². The summed E-state index contributed by atoms with van der Waals surface area (Å²) in [5, 5.41) is 10.9. The number of rotatable bonds is 3. The van der Waals surface area contributed by atoms with Gasteiger partial charge in [-0.2, -0.15) is 0 Å². The molecule has 2 aromatic rings. The minimum Gasteiger partial charge on any atom is -0.503 e. The molecule has 0 amide bonds. The number of aromatic hydroxyl groups is 1. The normalized spacial score (nSPS) is 10.6. The molecule has 1 aromatic carbocycles. The second-order valence-electron chi connectivity index (χ2n) is 3.89. The highest BCUT2D eigenvalue weighted by Gasteiger charge is 2.13. The molecule has 0 bridgehead atoms. The van der Waals surface area contributed by atoms with Crippen molar-refractivity contribution in [2.75, 3.05) is 0 Å². The molecule has 0 saturated carbocycles. The van der Waals surface area contributed by atoms with Crippen LogP contribution in [0.3, 0.4) is 0 Å². The van der Waals surface area contributed by atoms with E-state index in [-0.39, 0.29) is 11.3 Å². The van der Waals surface area contributed by atoms with E-state index in [2.05, 4.69) is 6.58 Å². The Morgan fingerprint density at radius 1 is 1.41 bits per heavy atom. The third-order valence-corrected chi connectivity index (χ3v) is 2.92. The number of benzene rings is 1. The molecule has 0 aliphatic rings. The topological polar surface area (TPSA) is 42.2 Å². The number of pyridine rings is 1. The number of allylic oxidation sites excluding steroid dienone is 1. The van der Waals surface area contributed by atoms with Crippen LogP contribution in [0.15, 0.2) is 41.7 Å². The first-order chi connectivity index (χ1) is 8.20. The molecule has 0 atom stereocenters. The fraction of sp³-hybridized carbons (Fsp3) is 0.214. The van der Waals surface area contributed by atoms with Crippen molar-refractivity contribution < 1.29 is 5.11 Å². The average molecular weight is 229 g/mol. The molecule has 0 fully saturated rings. The monoisotopic (exact) mass is 229 g/mol. The largest absolute Gasteiger partial charge is 0.503 e. The number of para-hydroxylation sites is 1. The van der Waals surface area contributed by atoms with Gasteiger partial charge in [0.05, 0.1) is 5.52 Å². The lowest BCUT2D eigenvalue weighted by Crippen LogP contribution is -2.20. The first-order valence-electron chi connectivity index (χ1n) is 5.65. The van der Waals surface area contributed by atoms with Crippen molar-refractivity contribution in [1.82, 2.24) is 4.57 Å². The fourth-order valence-electron chi connectivity index (χ4n) is 2.12. The van der Waals surface area contributed by atoms with Crippen LogP contribution in [0, 0.1) is 0 Å². The molecule has 3 nitrogen and oxygen atoms in total. The highest BCUT2D eigenvalue weighted by Crippen LogP contribution is 2.24. The first kappa shape index (κ1) is 11.5. The van der Waals surface area contributed by atoms with Gasteiger partial charge < -0.3 is 9.67 Å². The Labute approximate surface area is 99.6 Å². The number of fused-ring (bicyclic) bond motifs is 1. The molecule has 2 rings (SSSR count). The van der Waals surface area contributed by atoms with E-state index < -0.39 is 0 Å². The van der Waals surface area contributed by atoms with Crippen LogP contribution < -0.4 is 5.56 Å². The fourth-order valence-corrected chi connectivity index (χ4v) is 2.12. The van der Waals surface area contributed by atoms with E-state index in [1.165, 1.54) is 0 Å². The van der Waals surface area contributed by atoms with Crippen molar-refractivity contribution in [3.8, 4) is 5.75 Å². The Morgan fingerprint density at radius 3 is 2.76 bits per heavy atom. The maximum atomic E-state index is 12.0. The van der Waals surface area contributed by atoms with Gasteiger partial charge in [-0.1, -0.05) is 24.3 Å². The molecular formula is C14H15NO2. The molecule has 0 saturated heterocycles. The van der Waals surface area contributed by atoms with Gasteiger partial charge >= 0.3 is 0 Å². The van der Waals surface area contributed by atoms with Crippen molar-refractivity contribution in [3.63, 3.8) is 0 Å². The number of aryl methyl sites for hydroxylation is 1. The first-order valence-corrected chi connectivity index (χ1v) is 5.65.